The minimum Gasteiger partial charge on any atom is -0.462 e. The first-order valence-electron chi connectivity index (χ1n) is 7.94. The molecule has 5 nitrogen and oxygen atoms in total. The largest absolute Gasteiger partial charge is 0.462 e. The summed E-state index contributed by atoms with van der Waals surface area (Å²) in [6, 6.07) is 1.07. The number of carbonyl (C=O) groups is 2. The van der Waals surface area contributed by atoms with E-state index in [0.717, 1.165) is 35.8 Å². The van der Waals surface area contributed by atoms with Crippen molar-refractivity contribution < 1.29 is 19.1 Å². The molecule has 0 aromatic carbocycles. The highest BCUT2D eigenvalue weighted by Gasteiger charge is 2.25. The Labute approximate surface area is 144 Å². The highest BCUT2D eigenvalue weighted by molar-refractivity contribution is 6.78. The normalized spacial score (nSPS) is 11.3. The van der Waals surface area contributed by atoms with Crippen molar-refractivity contribution in [1.82, 2.24) is 4.23 Å². The highest BCUT2D eigenvalue weighted by atomic mass is 28.4. The summed E-state index contributed by atoms with van der Waals surface area (Å²) in [6.45, 7) is 16.9. The third kappa shape index (κ3) is 9.52. The summed E-state index contributed by atoms with van der Waals surface area (Å²) in [5, 5.41) is 0. The van der Waals surface area contributed by atoms with Crippen LogP contribution in [0.5, 0.6) is 0 Å². The molecule has 0 unspecified atom stereocenters. The topological polar surface area (TPSA) is 55.8 Å². The van der Waals surface area contributed by atoms with Gasteiger partial charge in [-0.1, -0.05) is 26.3 Å². The molecule has 0 aromatic rings. The van der Waals surface area contributed by atoms with Gasteiger partial charge in [-0.25, -0.2) is 9.59 Å². The molecule has 0 saturated carbocycles. The van der Waals surface area contributed by atoms with Gasteiger partial charge in [-0.15, -0.1) is 0 Å². The van der Waals surface area contributed by atoms with Crippen LogP contribution >= 0.6 is 0 Å². The van der Waals surface area contributed by atoms with Gasteiger partial charge in [0.1, 0.15) is 8.24 Å². The molecule has 0 radical (unpaired) electrons. The Bertz CT molecular complexity index is 449. The lowest BCUT2D eigenvalue weighted by Gasteiger charge is -2.34. The molecule has 0 saturated heterocycles. The van der Waals surface area contributed by atoms with Gasteiger partial charge in [-0.2, -0.15) is 0 Å². The number of rotatable bonds is 11. The van der Waals surface area contributed by atoms with Crippen LogP contribution < -0.4 is 0 Å². The molecule has 0 bridgehead atoms. The van der Waals surface area contributed by atoms with Crippen LogP contribution in [0.4, 0.5) is 0 Å². The summed E-state index contributed by atoms with van der Waals surface area (Å²) in [4.78, 5) is 22.6. The fourth-order valence-corrected chi connectivity index (χ4v) is 5.02. The molecule has 0 heterocycles. The van der Waals surface area contributed by atoms with E-state index in [2.05, 4.69) is 30.5 Å². The molecule has 0 rings (SSSR count). The van der Waals surface area contributed by atoms with Crippen LogP contribution in [0.25, 0.3) is 0 Å². The second-order valence-electron chi connectivity index (χ2n) is 6.52. The molecule has 132 valence electrons. The molecule has 0 fully saturated rings. The molecular weight excluding hydrogens is 326 g/mol. The lowest BCUT2D eigenvalue weighted by molar-refractivity contribution is -0.139. The molecule has 0 aliphatic rings. The Kier molecular flexibility index (Phi) is 10.0. The number of ether oxygens (including phenoxy) is 2. The maximum absolute atomic E-state index is 11.3. The van der Waals surface area contributed by atoms with Crippen LogP contribution in [0, 0.1) is 0 Å². The lowest BCUT2D eigenvalue weighted by Crippen LogP contribution is -2.47. The molecule has 0 aromatic heterocycles. The van der Waals surface area contributed by atoms with Gasteiger partial charge in [-0.3, -0.25) is 0 Å². The first kappa shape index (κ1) is 21.8. The highest BCUT2D eigenvalue weighted by Crippen LogP contribution is 2.16. The minimum absolute atomic E-state index is 0.313. The average molecular weight is 358 g/mol. The van der Waals surface area contributed by atoms with Gasteiger partial charge in [0.25, 0.3) is 0 Å². The molecule has 0 N–H and O–H groups in total. The van der Waals surface area contributed by atoms with E-state index in [0.29, 0.717) is 24.4 Å². The monoisotopic (exact) mass is 357 g/mol. The Morgan fingerprint density at radius 3 is 1.87 bits per heavy atom. The van der Waals surface area contributed by atoms with Crippen molar-refractivity contribution in [2.24, 2.45) is 0 Å². The zero-order valence-corrected chi connectivity index (χ0v) is 18.2. The van der Waals surface area contributed by atoms with Crippen molar-refractivity contribution in [2.75, 3.05) is 19.8 Å². The molecule has 0 aliphatic heterocycles. The predicted molar refractivity (Wildman–Crippen MR) is 99.7 cm³/mol. The summed E-state index contributed by atoms with van der Waals surface area (Å²) in [7, 11) is -0.497. The van der Waals surface area contributed by atoms with E-state index in [4.69, 9.17) is 9.47 Å². The molecule has 7 heteroatoms. The van der Waals surface area contributed by atoms with Crippen molar-refractivity contribution in [1.29, 1.82) is 0 Å². The molecule has 0 spiro atoms. The molecule has 0 aliphatic carbocycles. The first-order valence-corrected chi connectivity index (χ1v) is 12.0. The van der Waals surface area contributed by atoms with Gasteiger partial charge in [0.15, 0.2) is 0 Å². The Morgan fingerprint density at radius 1 is 1.00 bits per heavy atom. The fourth-order valence-electron chi connectivity index (χ4n) is 1.88. The Morgan fingerprint density at radius 2 is 1.43 bits per heavy atom. The van der Waals surface area contributed by atoms with Crippen molar-refractivity contribution >= 4 is 30.6 Å². The second-order valence-corrected chi connectivity index (χ2v) is 13.4. The van der Waals surface area contributed by atoms with E-state index >= 15 is 0 Å². The van der Waals surface area contributed by atoms with Crippen molar-refractivity contribution in [2.45, 2.75) is 45.8 Å². The van der Waals surface area contributed by atoms with Gasteiger partial charge in [0.2, 0.25) is 0 Å². The average Bonchev–Trinajstić information content (AvgIpc) is 2.46. The van der Waals surface area contributed by atoms with Gasteiger partial charge >= 0.3 is 11.9 Å². The van der Waals surface area contributed by atoms with Crippen molar-refractivity contribution in [3.63, 3.8) is 0 Å². The van der Waals surface area contributed by atoms with Crippen LogP contribution in [0.2, 0.25) is 19.1 Å². The zero-order chi connectivity index (χ0) is 18.0. The van der Waals surface area contributed by atoms with E-state index in [9.17, 15) is 9.59 Å². The number of carbonyl (C=O) groups excluding carboxylic acids is 2. The second kappa shape index (κ2) is 10.6. The molecule has 23 heavy (non-hydrogen) atoms. The van der Waals surface area contributed by atoms with Crippen LogP contribution in [0.3, 0.4) is 0 Å². The van der Waals surface area contributed by atoms with E-state index < -0.39 is 8.24 Å². The summed E-state index contributed by atoms with van der Waals surface area (Å²) in [5.74, 6) is -0.632. The Balaban J connectivity index is 3.98. The molecular formula is C16H31NO4Si2. The number of hydrogen-bond acceptors (Lipinski definition) is 5. The predicted octanol–water partition coefficient (Wildman–Crippen LogP) is 1.79. The van der Waals surface area contributed by atoms with Crippen molar-refractivity contribution in [3.05, 3.63) is 24.3 Å². The van der Waals surface area contributed by atoms with E-state index in [1.165, 1.54) is 0 Å². The minimum atomic E-state index is -1.48. The van der Waals surface area contributed by atoms with Crippen LogP contribution in [-0.4, -0.2) is 54.6 Å². The molecule has 0 atom stereocenters. The number of esters is 2. The number of hydrogen-bond donors (Lipinski definition) is 0. The Hall–Kier alpha value is -1.19. The van der Waals surface area contributed by atoms with E-state index in [1.807, 2.05) is 0 Å². The third-order valence-electron chi connectivity index (χ3n) is 3.77. The van der Waals surface area contributed by atoms with Gasteiger partial charge in [0.05, 0.1) is 23.6 Å². The van der Waals surface area contributed by atoms with E-state index in [-0.39, 0.29) is 11.9 Å². The first-order chi connectivity index (χ1) is 10.6. The standard InChI is InChI=1S/C16H31NO4Si2/c1-13(2)15(18)20-10-7-9-17(22)23(5,6)12-8-11-21-16(19)14(3)4/h1,3,7-12H2,2,4-6,22H3. The van der Waals surface area contributed by atoms with Gasteiger partial charge in [0, 0.05) is 11.1 Å². The third-order valence-corrected chi connectivity index (χ3v) is 11.7. The van der Waals surface area contributed by atoms with Crippen LogP contribution in [0.15, 0.2) is 24.3 Å². The summed E-state index contributed by atoms with van der Waals surface area (Å²) in [6.07, 6.45) is 1.71. The fraction of sp³-hybridized carbons (Fsp3) is 0.625. The smallest absolute Gasteiger partial charge is 0.333 e. The van der Waals surface area contributed by atoms with Crippen LogP contribution in [0.1, 0.15) is 26.7 Å². The van der Waals surface area contributed by atoms with Crippen molar-refractivity contribution in [3.8, 4) is 0 Å². The van der Waals surface area contributed by atoms with Gasteiger partial charge in [-0.05, 0) is 39.3 Å². The number of nitrogens with zero attached hydrogens (tertiary/aromatic N) is 1. The maximum Gasteiger partial charge on any atom is 0.333 e. The molecule has 0 amide bonds. The van der Waals surface area contributed by atoms with E-state index in [1.54, 1.807) is 13.8 Å². The SMILES string of the molecule is C=C(C)C(=O)OCCCN([SiH3])[Si](C)(C)CCCOC(=O)C(=C)C. The quantitative estimate of drug-likeness (QED) is 0.244. The van der Waals surface area contributed by atoms with Crippen LogP contribution in [-0.2, 0) is 19.1 Å². The summed E-state index contributed by atoms with van der Waals surface area (Å²) >= 11 is 0. The summed E-state index contributed by atoms with van der Waals surface area (Å²) < 4.78 is 12.8. The van der Waals surface area contributed by atoms with Gasteiger partial charge < -0.3 is 13.7 Å². The summed E-state index contributed by atoms with van der Waals surface area (Å²) in [5.41, 5.74) is 0.877. The zero-order valence-electron chi connectivity index (χ0n) is 15.2. The maximum atomic E-state index is 11.3. The lowest BCUT2D eigenvalue weighted by atomic mass is 10.4.